The maximum Gasteiger partial charge on any atom is 0.279 e. The molecule has 0 unspecified atom stereocenters. The number of nitro benzene ring substituents is 1. The van der Waals surface area contributed by atoms with E-state index in [4.69, 9.17) is 5.53 Å². The van der Waals surface area contributed by atoms with Gasteiger partial charge >= 0.3 is 0 Å². The molecule has 0 amide bonds. The van der Waals surface area contributed by atoms with Crippen LogP contribution in [0, 0.1) is 10.1 Å². The van der Waals surface area contributed by atoms with E-state index in [0.717, 1.165) is 5.56 Å². The highest BCUT2D eigenvalue weighted by Gasteiger charge is 2.12. The van der Waals surface area contributed by atoms with Gasteiger partial charge in [-0.05, 0) is 17.2 Å². The standard InChI is InChI=1S/C7H5BrN4O2/c8-4-5-1-2-6(10-11-9)7(3-5)12(13)14/h1-3H,4H2. The lowest BCUT2D eigenvalue weighted by Gasteiger charge is -1.98. The van der Waals surface area contributed by atoms with Gasteiger partial charge in [0, 0.05) is 16.3 Å². The summed E-state index contributed by atoms with van der Waals surface area (Å²) in [4.78, 5) is 12.5. The molecular weight excluding hydrogens is 252 g/mol. The minimum Gasteiger partial charge on any atom is -0.258 e. The third-order valence-corrected chi connectivity index (χ3v) is 2.19. The molecule has 0 atom stereocenters. The van der Waals surface area contributed by atoms with Crippen LogP contribution in [0.5, 0.6) is 0 Å². The second-order valence-corrected chi connectivity index (χ2v) is 2.96. The Kier molecular flexibility index (Phi) is 3.44. The molecule has 0 aromatic heterocycles. The highest BCUT2D eigenvalue weighted by Crippen LogP contribution is 2.28. The Balaban J connectivity index is 3.30. The third-order valence-electron chi connectivity index (χ3n) is 1.54. The van der Waals surface area contributed by atoms with E-state index in [1.54, 1.807) is 6.07 Å². The molecule has 0 saturated heterocycles. The quantitative estimate of drug-likeness (QED) is 0.207. The number of halogens is 1. The summed E-state index contributed by atoms with van der Waals surface area (Å²) >= 11 is 3.18. The zero-order chi connectivity index (χ0) is 10.6. The Hall–Kier alpha value is -1.59. The van der Waals surface area contributed by atoms with Gasteiger partial charge < -0.3 is 0 Å². The number of alkyl halides is 1. The van der Waals surface area contributed by atoms with Crippen molar-refractivity contribution < 1.29 is 4.92 Å². The van der Waals surface area contributed by atoms with Gasteiger partial charge in [0.05, 0.1) is 4.92 Å². The molecule has 14 heavy (non-hydrogen) atoms. The zero-order valence-electron chi connectivity index (χ0n) is 6.92. The normalized spacial score (nSPS) is 9.21. The van der Waals surface area contributed by atoms with Crippen molar-refractivity contribution in [3.8, 4) is 0 Å². The zero-order valence-corrected chi connectivity index (χ0v) is 8.51. The van der Waals surface area contributed by atoms with Crippen LogP contribution in [0.15, 0.2) is 23.3 Å². The number of nitrogens with zero attached hydrogens (tertiary/aromatic N) is 4. The second-order valence-electron chi connectivity index (χ2n) is 2.40. The van der Waals surface area contributed by atoms with E-state index in [1.165, 1.54) is 12.1 Å². The second kappa shape index (κ2) is 4.59. The van der Waals surface area contributed by atoms with Gasteiger partial charge in [0.2, 0.25) is 0 Å². The molecule has 0 aliphatic heterocycles. The van der Waals surface area contributed by atoms with Gasteiger partial charge in [-0.1, -0.05) is 27.1 Å². The Bertz CT molecular complexity index is 414. The number of hydrogen-bond acceptors (Lipinski definition) is 3. The fourth-order valence-electron chi connectivity index (χ4n) is 0.931. The van der Waals surface area contributed by atoms with Gasteiger partial charge in [-0.3, -0.25) is 10.1 Å². The van der Waals surface area contributed by atoms with Gasteiger partial charge in [0.15, 0.2) is 0 Å². The topological polar surface area (TPSA) is 91.9 Å². The van der Waals surface area contributed by atoms with Crippen LogP contribution < -0.4 is 0 Å². The van der Waals surface area contributed by atoms with Crippen LogP contribution in [0.4, 0.5) is 11.4 Å². The van der Waals surface area contributed by atoms with E-state index < -0.39 is 4.92 Å². The Morgan fingerprint density at radius 2 is 2.36 bits per heavy atom. The first-order valence-corrected chi connectivity index (χ1v) is 4.69. The van der Waals surface area contributed by atoms with E-state index in [1.807, 2.05) is 0 Å². The maximum atomic E-state index is 10.6. The van der Waals surface area contributed by atoms with E-state index in [-0.39, 0.29) is 11.4 Å². The number of azide groups is 1. The molecular formula is C7H5BrN4O2. The molecule has 0 heterocycles. The van der Waals surface area contributed by atoms with E-state index in [9.17, 15) is 10.1 Å². The molecule has 0 aliphatic rings. The predicted molar refractivity (Wildman–Crippen MR) is 54.5 cm³/mol. The average Bonchev–Trinajstić information content (AvgIpc) is 2.18. The summed E-state index contributed by atoms with van der Waals surface area (Å²) in [6.45, 7) is 0. The highest BCUT2D eigenvalue weighted by molar-refractivity contribution is 9.08. The molecule has 1 rings (SSSR count). The smallest absolute Gasteiger partial charge is 0.258 e. The van der Waals surface area contributed by atoms with Crippen LogP contribution in [0.3, 0.4) is 0 Å². The molecule has 0 radical (unpaired) electrons. The summed E-state index contributed by atoms with van der Waals surface area (Å²) in [6.07, 6.45) is 0. The predicted octanol–water partition coefficient (Wildman–Crippen LogP) is 3.43. The summed E-state index contributed by atoms with van der Waals surface area (Å²) in [5, 5.41) is 14.3. The van der Waals surface area contributed by atoms with Gasteiger partial charge in [0.1, 0.15) is 5.69 Å². The number of rotatable bonds is 3. The molecule has 72 valence electrons. The summed E-state index contributed by atoms with van der Waals surface area (Å²) in [7, 11) is 0. The van der Waals surface area contributed by atoms with Crippen LogP contribution in [-0.2, 0) is 5.33 Å². The Labute approximate surface area is 87.5 Å². The molecule has 0 saturated carbocycles. The number of hydrogen-bond donors (Lipinski definition) is 0. The van der Waals surface area contributed by atoms with Crippen molar-refractivity contribution >= 4 is 27.3 Å². The largest absolute Gasteiger partial charge is 0.279 e. The van der Waals surface area contributed by atoms with Gasteiger partial charge in [0.25, 0.3) is 5.69 Å². The van der Waals surface area contributed by atoms with Crippen molar-refractivity contribution in [1.82, 2.24) is 0 Å². The molecule has 0 fully saturated rings. The number of benzene rings is 1. The third kappa shape index (κ3) is 2.21. The van der Waals surface area contributed by atoms with Gasteiger partial charge in [-0.2, -0.15) is 0 Å². The highest BCUT2D eigenvalue weighted by atomic mass is 79.9. The van der Waals surface area contributed by atoms with Crippen molar-refractivity contribution in [1.29, 1.82) is 0 Å². The lowest BCUT2D eigenvalue weighted by atomic mass is 10.2. The van der Waals surface area contributed by atoms with Crippen LogP contribution >= 0.6 is 15.9 Å². The average molecular weight is 257 g/mol. The SMILES string of the molecule is [N-]=[N+]=Nc1ccc(CBr)cc1[N+](=O)[O-]. The van der Waals surface area contributed by atoms with E-state index >= 15 is 0 Å². The Morgan fingerprint density at radius 3 is 2.86 bits per heavy atom. The van der Waals surface area contributed by atoms with Crippen molar-refractivity contribution in [2.45, 2.75) is 5.33 Å². The molecule has 1 aromatic rings. The summed E-state index contributed by atoms with van der Waals surface area (Å²) < 4.78 is 0. The van der Waals surface area contributed by atoms with Crippen LogP contribution in [-0.4, -0.2) is 4.92 Å². The van der Waals surface area contributed by atoms with Crippen LogP contribution in [0.1, 0.15) is 5.56 Å². The van der Waals surface area contributed by atoms with Crippen molar-refractivity contribution in [2.24, 2.45) is 5.11 Å². The van der Waals surface area contributed by atoms with Gasteiger partial charge in [-0.25, -0.2) is 0 Å². The molecule has 0 aliphatic carbocycles. The summed E-state index contributed by atoms with van der Waals surface area (Å²) in [5.41, 5.74) is 8.79. The summed E-state index contributed by atoms with van der Waals surface area (Å²) in [6, 6.07) is 4.46. The van der Waals surface area contributed by atoms with Crippen LogP contribution in [0.25, 0.3) is 10.4 Å². The van der Waals surface area contributed by atoms with Crippen molar-refractivity contribution in [3.63, 3.8) is 0 Å². The minimum atomic E-state index is -0.573. The number of nitro groups is 1. The first-order valence-electron chi connectivity index (χ1n) is 3.57. The van der Waals surface area contributed by atoms with Crippen molar-refractivity contribution in [3.05, 3.63) is 44.3 Å². The first kappa shape index (κ1) is 10.5. The fourth-order valence-corrected chi connectivity index (χ4v) is 1.28. The molecule has 6 nitrogen and oxygen atoms in total. The lowest BCUT2D eigenvalue weighted by molar-refractivity contribution is -0.384. The maximum absolute atomic E-state index is 10.6. The van der Waals surface area contributed by atoms with E-state index in [0.29, 0.717) is 5.33 Å². The summed E-state index contributed by atoms with van der Waals surface area (Å²) in [5.74, 6) is 0. The van der Waals surface area contributed by atoms with Crippen LogP contribution in [0.2, 0.25) is 0 Å². The molecule has 1 aromatic carbocycles. The lowest BCUT2D eigenvalue weighted by Crippen LogP contribution is -1.89. The van der Waals surface area contributed by atoms with Crippen molar-refractivity contribution in [2.75, 3.05) is 0 Å². The minimum absolute atomic E-state index is 0.0298. The molecule has 0 spiro atoms. The molecule has 7 heteroatoms. The monoisotopic (exact) mass is 256 g/mol. The molecule has 0 N–H and O–H groups in total. The first-order chi connectivity index (χ1) is 6.69. The van der Waals surface area contributed by atoms with Gasteiger partial charge in [-0.15, -0.1) is 0 Å². The fraction of sp³-hybridized carbons (Fsp3) is 0.143. The molecule has 0 bridgehead atoms. The Morgan fingerprint density at radius 1 is 1.64 bits per heavy atom. The van der Waals surface area contributed by atoms with E-state index in [2.05, 4.69) is 26.0 Å².